The summed E-state index contributed by atoms with van der Waals surface area (Å²) in [5.74, 6) is 0.814. The van der Waals surface area contributed by atoms with E-state index < -0.39 is 0 Å². The Hall–Kier alpha value is -3.39. The molecule has 0 spiro atoms. The summed E-state index contributed by atoms with van der Waals surface area (Å²) in [4.78, 5) is 4.89. The lowest BCUT2D eigenvalue weighted by Gasteiger charge is -2.04. The van der Waals surface area contributed by atoms with Crippen LogP contribution in [0.3, 0.4) is 0 Å². The van der Waals surface area contributed by atoms with Crippen molar-refractivity contribution in [1.29, 1.82) is 0 Å². The molecule has 0 fully saturated rings. The highest BCUT2D eigenvalue weighted by Gasteiger charge is 2.23. The van der Waals surface area contributed by atoms with E-state index in [-0.39, 0.29) is 0 Å². The van der Waals surface area contributed by atoms with Crippen molar-refractivity contribution in [3.8, 4) is 33.7 Å². The molecule has 0 saturated carbocycles. The summed E-state index contributed by atoms with van der Waals surface area (Å²) in [6.45, 7) is 0. The molecule has 2 nitrogen and oxygen atoms in total. The van der Waals surface area contributed by atoms with Crippen molar-refractivity contribution < 1.29 is 4.42 Å². The van der Waals surface area contributed by atoms with Crippen LogP contribution in [0.2, 0.25) is 0 Å². The minimum atomic E-state index is 0.814. The Kier molecular flexibility index (Phi) is 2.37. The molecule has 0 unspecified atom stereocenters. The van der Waals surface area contributed by atoms with Gasteiger partial charge in [-0.15, -0.1) is 0 Å². The smallest absolute Gasteiger partial charge is 0.153 e. The van der Waals surface area contributed by atoms with Crippen molar-refractivity contribution in [2.24, 2.45) is 0 Å². The fourth-order valence-corrected chi connectivity index (χ4v) is 3.91. The third-order valence-corrected chi connectivity index (χ3v) is 5.02. The third kappa shape index (κ3) is 1.71. The standard InChI is InChI=1S/C23H13NO/c1-4-11-21-14(6-1)12-22(25-21)20-13-18-16-8-3-2-7-15(16)17-9-5-10-19(24-20)23(17)18/h1-13H. The van der Waals surface area contributed by atoms with Crippen LogP contribution in [-0.2, 0) is 0 Å². The van der Waals surface area contributed by atoms with Gasteiger partial charge in [-0.1, -0.05) is 54.6 Å². The van der Waals surface area contributed by atoms with E-state index >= 15 is 0 Å². The van der Waals surface area contributed by atoms with Crippen molar-refractivity contribution in [1.82, 2.24) is 4.98 Å². The van der Waals surface area contributed by atoms with Crippen LogP contribution in [-0.4, -0.2) is 4.98 Å². The summed E-state index contributed by atoms with van der Waals surface area (Å²) in [7, 11) is 0. The Balaban J connectivity index is 1.69. The molecule has 3 aromatic carbocycles. The number of para-hydroxylation sites is 1. The zero-order valence-electron chi connectivity index (χ0n) is 13.4. The van der Waals surface area contributed by atoms with Gasteiger partial charge in [-0.25, -0.2) is 4.98 Å². The lowest BCUT2D eigenvalue weighted by Crippen LogP contribution is -1.86. The van der Waals surface area contributed by atoms with Crippen molar-refractivity contribution in [2.45, 2.75) is 0 Å². The Bertz CT molecular complexity index is 1260. The van der Waals surface area contributed by atoms with Gasteiger partial charge in [0.15, 0.2) is 5.76 Å². The van der Waals surface area contributed by atoms with Crippen molar-refractivity contribution in [3.63, 3.8) is 0 Å². The zero-order chi connectivity index (χ0) is 16.4. The first kappa shape index (κ1) is 13.0. The minimum absolute atomic E-state index is 0.814. The number of furan rings is 1. The minimum Gasteiger partial charge on any atom is -0.454 e. The van der Waals surface area contributed by atoms with E-state index in [9.17, 15) is 0 Å². The first-order valence-electron chi connectivity index (χ1n) is 8.41. The van der Waals surface area contributed by atoms with E-state index in [4.69, 9.17) is 9.40 Å². The maximum atomic E-state index is 6.04. The monoisotopic (exact) mass is 319 g/mol. The molecule has 1 aliphatic carbocycles. The molecular formula is C23H13NO. The van der Waals surface area contributed by atoms with Crippen LogP contribution in [0.1, 0.15) is 0 Å². The number of hydrogen-bond acceptors (Lipinski definition) is 2. The molecule has 0 radical (unpaired) electrons. The highest BCUT2D eigenvalue weighted by Crippen LogP contribution is 2.47. The Morgan fingerprint density at radius 2 is 1.40 bits per heavy atom. The van der Waals surface area contributed by atoms with Gasteiger partial charge in [-0.3, -0.25) is 0 Å². The maximum Gasteiger partial charge on any atom is 0.153 e. The number of rotatable bonds is 1. The molecule has 0 aliphatic heterocycles. The molecule has 116 valence electrons. The topological polar surface area (TPSA) is 26.0 Å². The van der Waals surface area contributed by atoms with Gasteiger partial charge in [0.2, 0.25) is 0 Å². The van der Waals surface area contributed by atoms with E-state index in [0.29, 0.717) is 0 Å². The average molecular weight is 319 g/mol. The van der Waals surface area contributed by atoms with Crippen LogP contribution >= 0.6 is 0 Å². The highest BCUT2D eigenvalue weighted by molar-refractivity contribution is 6.14. The number of benzene rings is 3. The van der Waals surface area contributed by atoms with Gasteiger partial charge in [0.25, 0.3) is 0 Å². The third-order valence-electron chi connectivity index (χ3n) is 5.02. The molecule has 0 atom stereocenters. The van der Waals surface area contributed by atoms with E-state index in [0.717, 1.165) is 27.9 Å². The molecule has 0 saturated heterocycles. The number of pyridine rings is 1. The fourth-order valence-electron chi connectivity index (χ4n) is 3.91. The summed E-state index contributed by atoms with van der Waals surface area (Å²) in [5.41, 5.74) is 7.86. The quantitative estimate of drug-likeness (QED) is 0.355. The van der Waals surface area contributed by atoms with Crippen LogP contribution in [0.15, 0.2) is 83.3 Å². The maximum absolute atomic E-state index is 6.04. The first-order valence-corrected chi connectivity index (χ1v) is 8.41. The number of fused-ring (bicyclic) bond motifs is 4. The summed E-state index contributed by atoms with van der Waals surface area (Å²) in [5, 5.41) is 2.34. The van der Waals surface area contributed by atoms with Gasteiger partial charge in [0.05, 0.1) is 5.52 Å². The van der Waals surface area contributed by atoms with E-state index in [1.54, 1.807) is 0 Å². The second kappa shape index (κ2) is 4.58. The Labute approximate surface area is 144 Å². The first-order chi connectivity index (χ1) is 12.4. The number of hydrogen-bond donors (Lipinski definition) is 0. The van der Waals surface area contributed by atoms with Crippen molar-refractivity contribution >= 4 is 21.9 Å². The van der Waals surface area contributed by atoms with Gasteiger partial charge in [0.1, 0.15) is 11.3 Å². The van der Waals surface area contributed by atoms with Crippen molar-refractivity contribution in [3.05, 3.63) is 78.9 Å². The SMILES string of the molecule is c1ccc2c(c1)-c1cccc3nc(-c4cc5ccccc5o4)cc-2c13. The molecule has 25 heavy (non-hydrogen) atoms. The summed E-state index contributed by atoms with van der Waals surface area (Å²) in [6, 6.07) is 27.2. The molecule has 0 bridgehead atoms. The van der Waals surface area contributed by atoms with Gasteiger partial charge in [0, 0.05) is 10.8 Å². The summed E-state index contributed by atoms with van der Waals surface area (Å²) in [6.07, 6.45) is 0. The van der Waals surface area contributed by atoms with E-state index in [1.165, 1.54) is 27.6 Å². The van der Waals surface area contributed by atoms with Crippen LogP contribution in [0.5, 0.6) is 0 Å². The fraction of sp³-hybridized carbons (Fsp3) is 0. The molecule has 1 aliphatic rings. The predicted molar refractivity (Wildman–Crippen MR) is 101 cm³/mol. The van der Waals surface area contributed by atoms with E-state index in [1.807, 2.05) is 18.2 Å². The van der Waals surface area contributed by atoms with Crippen LogP contribution < -0.4 is 0 Å². The van der Waals surface area contributed by atoms with Gasteiger partial charge < -0.3 is 4.42 Å². The average Bonchev–Trinajstić information content (AvgIpc) is 3.23. The van der Waals surface area contributed by atoms with Crippen LogP contribution in [0.4, 0.5) is 0 Å². The summed E-state index contributed by atoms with van der Waals surface area (Å²) < 4.78 is 6.04. The lowest BCUT2D eigenvalue weighted by atomic mass is 10.0. The predicted octanol–water partition coefficient (Wildman–Crippen LogP) is 6.30. The molecule has 5 aromatic rings. The number of nitrogens with zero attached hydrogens (tertiary/aromatic N) is 1. The molecule has 2 aromatic heterocycles. The number of aromatic nitrogens is 1. The molecule has 0 amide bonds. The molecular weight excluding hydrogens is 306 g/mol. The van der Waals surface area contributed by atoms with Crippen molar-refractivity contribution in [2.75, 3.05) is 0 Å². The zero-order valence-corrected chi connectivity index (χ0v) is 13.4. The normalized spacial score (nSPS) is 12.0. The lowest BCUT2D eigenvalue weighted by molar-refractivity contribution is 0.629. The highest BCUT2D eigenvalue weighted by atomic mass is 16.3. The second-order valence-electron chi connectivity index (χ2n) is 6.45. The van der Waals surface area contributed by atoms with E-state index in [2.05, 4.69) is 60.7 Å². The van der Waals surface area contributed by atoms with Crippen LogP contribution in [0.25, 0.3) is 55.6 Å². The Morgan fingerprint density at radius 3 is 2.28 bits per heavy atom. The Morgan fingerprint density at radius 1 is 0.640 bits per heavy atom. The molecule has 2 heteroatoms. The molecule has 0 N–H and O–H groups in total. The van der Waals surface area contributed by atoms with Gasteiger partial charge in [-0.2, -0.15) is 0 Å². The molecule has 2 heterocycles. The molecule has 6 rings (SSSR count). The second-order valence-corrected chi connectivity index (χ2v) is 6.45. The van der Waals surface area contributed by atoms with Crippen LogP contribution in [0, 0.1) is 0 Å². The van der Waals surface area contributed by atoms with Gasteiger partial charge >= 0.3 is 0 Å². The van der Waals surface area contributed by atoms with Gasteiger partial charge in [-0.05, 0) is 46.5 Å². The largest absolute Gasteiger partial charge is 0.454 e. The summed E-state index contributed by atoms with van der Waals surface area (Å²) >= 11 is 0.